The molecule has 0 radical (unpaired) electrons. The topological polar surface area (TPSA) is 60.2 Å². The molecule has 3 aromatic rings. The van der Waals surface area contributed by atoms with E-state index in [4.69, 9.17) is 9.15 Å². The monoisotopic (exact) mass is 309 g/mol. The molecule has 5 heteroatoms. The molecule has 5 nitrogen and oxygen atoms in total. The number of ether oxygens (including phenoxy) is 1. The minimum absolute atomic E-state index is 0.650. The molecular formula is C18H19N3O2. The molecule has 2 aromatic heterocycles. The summed E-state index contributed by atoms with van der Waals surface area (Å²) in [6.07, 6.45) is 3.31. The van der Waals surface area contributed by atoms with E-state index in [0.717, 1.165) is 39.7 Å². The fraction of sp³-hybridized carbons (Fsp3) is 0.222. The number of oxazole rings is 1. The van der Waals surface area contributed by atoms with E-state index >= 15 is 0 Å². The van der Waals surface area contributed by atoms with Crippen molar-refractivity contribution in [2.75, 3.05) is 12.4 Å². The number of pyridine rings is 1. The Morgan fingerprint density at radius 1 is 1.13 bits per heavy atom. The molecule has 118 valence electrons. The molecule has 1 N–H and O–H groups in total. The van der Waals surface area contributed by atoms with Gasteiger partial charge in [-0.2, -0.15) is 0 Å². The van der Waals surface area contributed by atoms with Crippen molar-refractivity contribution >= 4 is 5.69 Å². The highest BCUT2D eigenvalue weighted by atomic mass is 16.5. The number of hydrogen-bond donors (Lipinski definition) is 1. The maximum absolute atomic E-state index is 5.40. The summed E-state index contributed by atoms with van der Waals surface area (Å²) in [5.41, 5.74) is 4.89. The van der Waals surface area contributed by atoms with Crippen LogP contribution in [0.5, 0.6) is 5.75 Å². The summed E-state index contributed by atoms with van der Waals surface area (Å²) in [7, 11) is 1.67. The maximum atomic E-state index is 5.40. The number of nitrogens with one attached hydrogen (secondary N) is 1. The molecule has 23 heavy (non-hydrogen) atoms. The van der Waals surface area contributed by atoms with E-state index < -0.39 is 0 Å². The Bertz CT molecular complexity index is 794. The van der Waals surface area contributed by atoms with Crippen molar-refractivity contribution < 1.29 is 9.15 Å². The highest BCUT2D eigenvalue weighted by molar-refractivity contribution is 5.63. The number of aryl methyl sites for hydroxylation is 2. The van der Waals surface area contributed by atoms with Crippen LogP contribution in [0.3, 0.4) is 0 Å². The van der Waals surface area contributed by atoms with Gasteiger partial charge in [0.1, 0.15) is 5.75 Å². The predicted octanol–water partition coefficient (Wildman–Crippen LogP) is 3.97. The zero-order valence-corrected chi connectivity index (χ0v) is 13.5. The Morgan fingerprint density at radius 2 is 1.91 bits per heavy atom. The summed E-state index contributed by atoms with van der Waals surface area (Å²) >= 11 is 0. The second kappa shape index (κ2) is 6.52. The minimum Gasteiger partial charge on any atom is -0.496 e. The molecule has 0 atom stereocenters. The lowest BCUT2D eigenvalue weighted by atomic mass is 10.1. The van der Waals surface area contributed by atoms with Crippen LogP contribution in [0.1, 0.15) is 17.0 Å². The van der Waals surface area contributed by atoms with Gasteiger partial charge in [0.25, 0.3) is 0 Å². The molecule has 3 rings (SSSR count). The van der Waals surface area contributed by atoms with Crippen molar-refractivity contribution in [2.24, 2.45) is 0 Å². The summed E-state index contributed by atoms with van der Waals surface area (Å²) in [4.78, 5) is 8.43. The van der Waals surface area contributed by atoms with E-state index in [1.165, 1.54) is 6.39 Å². The van der Waals surface area contributed by atoms with Gasteiger partial charge in [0.2, 0.25) is 0 Å². The average molecular weight is 309 g/mol. The first-order valence-electron chi connectivity index (χ1n) is 7.41. The van der Waals surface area contributed by atoms with Crippen LogP contribution in [0, 0.1) is 13.8 Å². The molecule has 0 spiro atoms. The lowest BCUT2D eigenvalue weighted by Gasteiger charge is -2.11. The lowest BCUT2D eigenvalue weighted by molar-refractivity contribution is 0.409. The summed E-state index contributed by atoms with van der Waals surface area (Å²) in [6.45, 7) is 4.53. The third kappa shape index (κ3) is 3.34. The second-order valence-electron chi connectivity index (χ2n) is 5.34. The number of anilines is 1. The summed E-state index contributed by atoms with van der Waals surface area (Å²) in [6, 6.07) is 10.0. The van der Waals surface area contributed by atoms with Gasteiger partial charge in [-0.15, -0.1) is 0 Å². The molecule has 0 aliphatic carbocycles. The first-order valence-corrected chi connectivity index (χ1v) is 7.41. The van der Waals surface area contributed by atoms with E-state index in [9.17, 15) is 0 Å². The van der Waals surface area contributed by atoms with Gasteiger partial charge in [0.15, 0.2) is 12.2 Å². The molecule has 0 aliphatic rings. The molecule has 1 aromatic carbocycles. The normalized spacial score (nSPS) is 10.6. The van der Waals surface area contributed by atoms with Crippen molar-refractivity contribution in [1.82, 2.24) is 9.97 Å². The van der Waals surface area contributed by atoms with Crippen LogP contribution in [-0.4, -0.2) is 17.1 Å². The van der Waals surface area contributed by atoms with Crippen LogP contribution in [-0.2, 0) is 6.54 Å². The molecule has 0 saturated heterocycles. The fourth-order valence-electron chi connectivity index (χ4n) is 2.40. The Morgan fingerprint density at radius 3 is 2.57 bits per heavy atom. The average Bonchev–Trinajstić information content (AvgIpc) is 3.00. The number of aromatic nitrogens is 2. The standard InChI is InChI=1S/C18H19N3O2/c1-12-8-17(22-3)15(9-19-12)10-20-16-6-4-14(5-7-16)18-13(2)21-11-23-18/h4-9,11,20H,10H2,1-3H3. The first-order chi connectivity index (χ1) is 11.2. The largest absolute Gasteiger partial charge is 0.496 e. The van der Waals surface area contributed by atoms with Crippen LogP contribution in [0.25, 0.3) is 11.3 Å². The molecule has 0 bridgehead atoms. The third-order valence-electron chi connectivity index (χ3n) is 3.68. The van der Waals surface area contributed by atoms with Crippen LogP contribution < -0.4 is 10.1 Å². The molecule has 0 amide bonds. The number of hydrogen-bond acceptors (Lipinski definition) is 5. The smallest absolute Gasteiger partial charge is 0.181 e. The van der Waals surface area contributed by atoms with Crippen molar-refractivity contribution in [3.8, 4) is 17.1 Å². The maximum Gasteiger partial charge on any atom is 0.181 e. The highest BCUT2D eigenvalue weighted by Gasteiger charge is 2.07. The molecular weight excluding hydrogens is 290 g/mol. The van der Waals surface area contributed by atoms with Gasteiger partial charge in [-0.3, -0.25) is 4.98 Å². The van der Waals surface area contributed by atoms with E-state index in [1.807, 2.05) is 50.4 Å². The predicted molar refractivity (Wildman–Crippen MR) is 89.5 cm³/mol. The molecule has 0 fully saturated rings. The van der Waals surface area contributed by atoms with Crippen molar-refractivity contribution in [3.63, 3.8) is 0 Å². The number of methoxy groups -OCH3 is 1. The fourth-order valence-corrected chi connectivity index (χ4v) is 2.40. The molecule has 0 aliphatic heterocycles. The summed E-state index contributed by atoms with van der Waals surface area (Å²) in [5.74, 6) is 1.65. The van der Waals surface area contributed by atoms with Gasteiger partial charge in [-0.1, -0.05) is 0 Å². The SMILES string of the molecule is COc1cc(C)ncc1CNc1ccc(-c2ocnc2C)cc1. The number of nitrogens with zero attached hydrogens (tertiary/aromatic N) is 2. The van der Waals surface area contributed by atoms with Crippen LogP contribution in [0.15, 0.2) is 47.3 Å². The van der Waals surface area contributed by atoms with Crippen molar-refractivity contribution in [1.29, 1.82) is 0 Å². The minimum atomic E-state index is 0.650. The van der Waals surface area contributed by atoms with Crippen LogP contribution >= 0.6 is 0 Å². The van der Waals surface area contributed by atoms with Gasteiger partial charge in [-0.25, -0.2) is 4.98 Å². The van der Waals surface area contributed by atoms with Gasteiger partial charge < -0.3 is 14.5 Å². The van der Waals surface area contributed by atoms with E-state index in [2.05, 4.69) is 15.3 Å². The quantitative estimate of drug-likeness (QED) is 0.772. The molecule has 0 saturated carbocycles. The zero-order valence-electron chi connectivity index (χ0n) is 13.5. The van der Waals surface area contributed by atoms with Gasteiger partial charge in [0.05, 0.1) is 12.8 Å². The number of rotatable bonds is 5. The van der Waals surface area contributed by atoms with E-state index in [1.54, 1.807) is 7.11 Å². The van der Waals surface area contributed by atoms with Gasteiger partial charge in [-0.05, 0) is 38.1 Å². The van der Waals surface area contributed by atoms with Crippen LogP contribution in [0.2, 0.25) is 0 Å². The zero-order chi connectivity index (χ0) is 16.2. The summed E-state index contributed by atoms with van der Waals surface area (Å²) < 4.78 is 10.8. The van der Waals surface area contributed by atoms with Crippen molar-refractivity contribution in [3.05, 3.63) is 59.9 Å². The van der Waals surface area contributed by atoms with Gasteiger partial charge >= 0.3 is 0 Å². The van der Waals surface area contributed by atoms with E-state index in [-0.39, 0.29) is 0 Å². The Hall–Kier alpha value is -2.82. The first kappa shape index (κ1) is 15.1. The lowest BCUT2D eigenvalue weighted by Crippen LogP contribution is -2.03. The Kier molecular flexibility index (Phi) is 4.28. The highest BCUT2D eigenvalue weighted by Crippen LogP contribution is 2.25. The number of benzene rings is 1. The van der Waals surface area contributed by atoms with Gasteiger partial charge in [0, 0.05) is 41.3 Å². The molecule has 0 unspecified atom stereocenters. The van der Waals surface area contributed by atoms with Crippen LogP contribution in [0.4, 0.5) is 5.69 Å². The second-order valence-corrected chi connectivity index (χ2v) is 5.34. The Balaban J connectivity index is 1.71. The van der Waals surface area contributed by atoms with E-state index in [0.29, 0.717) is 6.54 Å². The third-order valence-corrected chi connectivity index (χ3v) is 3.68. The Labute approximate surface area is 135 Å². The summed E-state index contributed by atoms with van der Waals surface area (Å²) in [5, 5.41) is 3.38. The van der Waals surface area contributed by atoms with Crippen molar-refractivity contribution in [2.45, 2.75) is 20.4 Å². The molecule has 2 heterocycles.